The van der Waals surface area contributed by atoms with Gasteiger partial charge in [0.1, 0.15) is 18.2 Å². The zero-order valence-corrected chi connectivity index (χ0v) is 16.9. The molecule has 22 heavy (non-hydrogen) atoms. The Kier molecular flexibility index (Phi) is 5.34. The van der Waals surface area contributed by atoms with Gasteiger partial charge in [-0.05, 0) is 36.6 Å². The van der Waals surface area contributed by atoms with Crippen LogP contribution in [0.25, 0.3) is 0 Å². The molecule has 1 unspecified atom stereocenters. The van der Waals surface area contributed by atoms with E-state index in [1.807, 2.05) is 26.0 Å². The van der Waals surface area contributed by atoms with Gasteiger partial charge in [0.05, 0.1) is 10.5 Å². The van der Waals surface area contributed by atoms with Gasteiger partial charge < -0.3 is 4.74 Å². The van der Waals surface area contributed by atoms with Crippen LogP contribution >= 0.6 is 0 Å². The summed E-state index contributed by atoms with van der Waals surface area (Å²) < 4.78 is 29.7. The van der Waals surface area contributed by atoms with E-state index in [0.29, 0.717) is 4.90 Å². The molecule has 4 nitrogen and oxygen atoms in total. The monoisotopic (exact) mass is 342 g/mol. The average Bonchev–Trinajstić information content (AvgIpc) is 2.36. The first-order chi connectivity index (χ1) is 9.73. The Balaban J connectivity index is 3.11. The van der Waals surface area contributed by atoms with E-state index in [1.165, 1.54) is 0 Å². The molecule has 1 aromatic rings. The van der Waals surface area contributed by atoms with E-state index in [9.17, 15) is 4.21 Å². The lowest BCUT2D eigenvalue weighted by atomic mass is 9.98. The van der Waals surface area contributed by atoms with Crippen LogP contribution in [0.4, 0.5) is 0 Å². The smallest absolute Gasteiger partial charge is 0.140 e. The van der Waals surface area contributed by atoms with Crippen molar-refractivity contribution in [3.8, 4) is 0 Å². The Morgan fingerprint density at radius 2 is 1.55 bits per heavy atom. The van der Waals surface area contributed by atoms with E-state index < -0.39 is 23.8 Å². The quantitative estimate of drug-likeness (QED) is 0.775. The van der Waals surface area contributed by atoms with Crippen molar-refractivity contribution < 1.29 is 8.95 Å². The van der Waals surface area contributed by atoms with Gasteiger partial charge in [0, 0.05) is 7.11 Å². The molecule has 0 saturated heterocycles. The minimum Gasteiger partial charge on any atom is -0.374 e. The molecule has 1 rings (SSSR count). The van der Waals surface area contributed by atoms with Gasteiger partial charge in [-0.15, -0.1) is 0 Å². The van der Waals surface area contributed by atoms with Gasteiger partial charge in [-0.2, -0.15) is 0 Å². The molecule has 0 aliphatic rings. The molecule has 1 aromatic carbocycles. The maximum absolute atomic E-state index is 12.8. The lowest BCUT2D eigenvalue weighted by Gasteiger charge is -2.37. The number of hydrogen-bond acceptors (Lipinski definition) is 3. The van der Waals surface area contributed by atoms with Crippen LogP contribution in [0.5, 0.6) is 0 Å². The molecule has 0 saturated carbocycles. The highest BCUT2D eigenvalue weighted by atomic mass is 32.2. The Hall–Kier alpha value is -0.693. The summed E-state index contributed by atoms with van der Waals surface area (Å²) in [6, 6.07) is 7.32. The molecule has 126 valence electrons. The Morgan fingerprint density at radius 1 is 1.09 bits per heavy atom. The Bertz CT molecular complexity index is 615. The van der Waals surface area contributed by atoms with E-state index >= 15 is 0 Å². The number of hydrogen-bond donors (Lipinski definition) is 2. The standard InChI is InChI=1S/C16H30N2O2SSi/c1-15(2,3)22(7,8)18-21(17,19)14-11-9-13(10-12-14)16(4,5)20-6/h9-12H,1-8H3,(H2,17,18,19). The van der Waals surface area contributed by atoms with Crippen molar-refractivity contribution in [2.24, 2.45) is 0 Å². The Morgan fingerprint density at radius 3 is 1.91 bits per heavy atom. The van der Waals surface area contributed by atoms with Gasteiger partial charge in [0.15, 0.2) is 0 Å². The minimum atomic E-state index is -3.00. The molecular formula is C16H30N2O2SSi. The highest BCUT2D eigenvalue weighted by Crippen LogP contribution is 2.35. The number of ether oxygens (including phenoxy) is 1. The summed E-state index contributed by atoms with van der Waals surface area (Å²) in [5.74, 6) is 0. The summed E-state index contributed by atoms with van der Waals surface area (Å²) in [4.78, 5) is 0.521. The maximum atomic E-state index is 12.8. The molecule has 2 N–H and O–H groups in total. The summed E-state index contributed by atoms with van der Waals surface area (Å²) in [6.07, 6.45) is 0. The zero-order valence-electron chi connectivity index (χ0n) is 15.0. The van der Waals surface area contributed by atoms with E-state index in [2.05, 4.69) is 38.3 Å². The van der Waals surface area contributed by atoms with Crippen LogP contribution in [0, 0.1) is 4.78 Å². The van der Waals surface area contributed by atoms with E-state index in [1.54, 1.807) is 19.2 Å². The fourth-order valence-electron chi connectivity index (χ4n) is 1.74. The molecular weight excluding hydrogens is 312 g/mol. The number of benzene rings is 1. The third-order valence-electron chi connectivity index (χ3n) is 4.67. The van der Waals surface area contributed by atoms with Crippen LogP contribution in [0.2, 0.25) is 18.1 Å². The van der Waals surface area contributed by atoms with Gasteiger partial charge in [0.25, 0.3) is 0 Å². The molecule has 1 atom stereocenters. The molecule has 0 fully saturated rings. The summed E-state index contributed by atoms with van der Waals surface area (Å²) in [7, 11) is -3.35. The normalized spacial score (nSPS) is 16.4. The second-order valence-electron chi connectivity index (χ2n) is 7.77. The molecule has 0 amide bonds. The highest BCUT2D eigenvalue weighted by Gasteiger charge is 2.38. The first kappa shape index (κ1) is 19.4. The lowest BCUT2D eigenvalue weighted by Crippen LogP contribution is -2.54. The van der Waals surface area contributed by atoms with Gasteiger partial charge in [-0.1, -0.05) is 46.0 Å². The predicted molar refractivity (Wildman–Crippen MR) is 95.9 cm³/mol. The molecule has 0 aliphatic carbocycles. The van der Waals surface area contributed by atoms with Crippen molar-refractivity contribution in [1.82, 2.24) is 4.39 Å². The minimum absolute atomic E-state index is 0.0225. The largest absolute Gasteiger partial charge is 0.374 e. The fraction of sp³-hybridized carbons (Fsp3) is 0.625. The first-order valence-electron chi connectivity index (χ1n) is 7.46. The third-order valence-corrected chi connectivity index (χ3v) is 12.5. The van der Waals surface area contributed by atoms with Crippen molar-refractivity contribution in [2.45, 2.75) is 63.2 Å². The molecule has 0 radical (unpaired) electrons. The van der Waals surface area contributed by atoms with Gasteiger partial charge >= 0.3 is 0 Å². The summed E-state index contributed by atoms with van der Waals surface area (Å²) >= 11 is 0. The maximum Gasteiger partial charge on any atom is 0.140 e. The van der Waals surface area contributed by atoms with Crippen molar-refractivity contribution in [2.75, 3.05) is 7.11 Å². The SMILES string of the molecule is COC(C)(C)c1ccc(S(=N)(=O)N[Si](C)(C)C(C)(C)C)cc1. The predicted octanol–water partition coefficient (Wildman–Crippen LogP) is 4.48. The van der Waals surface area contributed by atoms with Crippen molar-refractivity contribution >= 4 is 18.2 Å². The average molecular weight is 343 g/mol. The number of nitrogens with one attached hydrogen (secondary N) is 2. The fourth-order valence-corrected chi connectivity index (χ4v) is 6.83. The highest BCUT2D eigenvalue weighted by molar-refractivity contribution is 7.92. The van der Waals surface area contributed by atoms with Crippen molar-refractivity contribution in [3.63, 3.8) is 0 Å². The van der Waals surface area contributed by atoms with E-state index in [0.717, 1.165) is 5.56 Å². The van der Waals surface area contributed by atoms with Gasteiger partial charge in [-0.3, -0.25) is 0 Å². The summed E-state index contributed by atoms with van der Waals surface area (Å²) in [5.41, 5.74) is 0.607. The van der Waals surface area contributed by atoms with E-state index in [4.69, 9.17) is 9.52 Å². The first-order valence-corrected chi connectivity index (χ1v) is 12.0. The molecule has 0 heterocycles. The van der Waals surface area contributed by atoms with E-state index in [-0.39, 0.29) is 5.04 Å². The van der Waals surface area contributed by atoms with Crippen LogP contribution in [0.1, 0.15) is 40.2 Å². The second-order valence-corrected chi connectivity index (χ2v) is 14.9. The Labute approximate surface area is 136 Å². The van der Waals surface area contributed by atoms with Crippen LogP contribution in [0.15, 0.2) is 29.2 Å². The molecule has 0 bridgehead atoms. The lowest BCUT2D eigenvalue weighted by molar-refractivity contribution is 0.0192. The second kappa shape index (κ2) is 6.07. The summed E-state index contributed by atoms with van der Waals surface area (Å²) in [6.45, 7) is 14.6. The molecule has 0 spiro atoms. The van der Waals surface area contributed by atoms with Crippen molar-refractivity contribution in [1.29, 1.82) is 4.78 Å². The zero-order chi connectivity index (χ0) is 17.4. The summed E-state index contributed by atoms with van der Waals surface area (Å²) in [5, 5.41) is 0.0225. The topological polar surface area (TPSA) is 62.2 Å². The molecule has 0 aliphatic heterocycles. The van der Waals surface area contributed by atoms with Crippen molar-refractivity contribution in [3.05, 3.63) is 29.8 Å². The number of rotatable bonds is 5. The third kappa shape index (κ3) is 4.19. The van der Waals surface area contributed by atoms with Crippen LogP contribution in [0.3, 0.4) is 0 Å². The van der Waals surface area contributed by atoms with Gasteiger partial charge in [-0.25, -0.2) is 13.4 Å². The van der Waals surface area contributed by atoms with Gasteiger partial charge in [0.2, 0.25) is 0 Å². The van der Waals surface area contributed by atoms with Crippen LogP contribution in [-0.2, 0) is 20.3 Å². The molecule has 6 heteroatoms. The van der Waals surface area contributed by atoms with Crippen LogP contribution < -0.4 is 4.39 Å². The number of methoxy groups -OCH3 is 1. The van der Waals surface area contributed by atoms with Crippen LogP contribution in [-0.4, -0.2) is 19.6 Å². The molecule has 0 aromatic heterocycles.